The third kappa shape index (κ3) is 3.50. The van der Waals surface area contributed by atoms with Gasteiger partial charge in [0.15, 0.2) is 0 Å². The van der Waals surface area contributed by atoms with Crippen molar-refractivity contribution in [2.24, 2.45) is 0 Å². The lowest BCUT2D eigenvalue weighted by atomic mass is 10.1. The van der Waals surface area contributed by atoms with Gasteiger partial charge in [0, 0.05) is 25.2 Å². The molecule has 0 saturated carbocycles. The second-order valence-electron chi connectivity index (χ2n) is 4.81. The highest BCUT2D eigenvalue weighted by Gasteiger charge is 2.29. The van der Waals surface area contributed by atoms with Gasteiger partial charge in [-0.15, -0.1) is 0 Å². The summed E-state index contributed by atoms with van der Waals surface area (Å²) in [6.07, 6.45) is -1.40. The summed E-state index contributed by atoms with van der Waals surface area (Å²) in [5.74, 6) is 6.27. The van der Waals surface area contributed by atoms with Gasteiger partial charge in [-0.05, 0) is 23.8 Å². The zero-order chi connectivity index (χ0) is 14.5. The number of hydrogen-bond acceptors (Lipinski definition) is 5. The molecule has 0 spiro atoms. The van der Waals surface area contributed by atoms with Crippen LogP contribution in [0.15, 0.2) is 18.2 Å². The number of rotatable bonds is 3. The summed E-state index contributed by atoms with van der Waals surface area (Å²) in [6, 6.07) is 5.55. The number of β-amino-alcohol motifs (C(OH)–C–C–N with tert-alkyl or cyclic N) is 2. The van der Waals surface area contributed by atoms with Crippen molar-refractivity contribution in [2.75, 3.05) is 26.8 Å². The quantitative estimate of drug-likeness (QED) is 0.654. The Bertz CT molecular complexity index is 510. The largest absolute Gasteiger partial charge is 0.497 e. The summed E-state index contributed by atoms with van der Waals surface area (Å²) < 4.78 is 5.21. The monoisotopic (exact) mass is 277 g/mol. The van der Waals surface area contributed by atoms with E-state index in [1.165, 1.54) is 0 Å². The second kappa shape index (κ2) is 6.73. The Labute approximate surface area is 118 Å². The molecule has 1 heterocycles. The minimum absolute atomic E-state index is 0.188. The highest BCUT2D eigenvalue weighted by Crippen LogP contribution is 2.21. The van der Waals surface area contributed by atoms with Crippen LogP contribution in [-0.2, 0) is 6.54 Å². The van der Waals surface area contributed by atoms with Crippen LogP contribution in [0.1, 0.15) is 11.1 Å². The molecule has 0 amide bonds. The molecule has 5 nitrogen and oxygen atoms in total. The van der Waals surface area contributed by atoms with Crippen molar-refractivity contribution in [2.45, 2.75) is 18.8 Å². The number of hydrogen-bond donors (Lipinski definition) is 3. The third-order valence-electron chi connectivity index (χ3n) is 3.34. The minimum Gasteiger partial charge on any atom is -0.497 e. The summed E-state index contributed by atoms with van der Waals surface area (Å²) in [7, 11) is 1.60. The van der Waals surface area contributed by atoms with E-state index in [0.717, 1.165) is 16.9 Å². The van der Waals surface area contributed by atoms with E-state index in [1.807, 2.05) is 23.1 Å². The van der Waals surface area contributed by atoms with Crippen molar-refractivity contribution in [3.8, 4) is 17.6 Å². The van der Waals surface area contributed by atoms with Crippen LogP contribution in [0.2, 0.25) is 0 Å². The van der Waals surface area contributed by atoms with Crippen LogP contribution in [0.4, 0.5) is 0 Å². The molecule has 0 radical (unpaired) electrons. The van der Waals surface area contributed by atoms with E-state index in [1.54, 1.807) is 7.11 Å². The molecule has 3 N–H and O–H groups in total. The van der Waals surface area contributed by atoms with Gasteiger partial charge in [0.2, 0.25) is 0 Å². The van der Waals surface area contributed by atoms with E-state index in [9.17, 15) is 10.2 Å². The number of nitrogens with zero attached hydrogens (tertiary/aromatic N) is 1. The number of aliphatic hydroxyl groups is 3. The van der Waals surface area contributed by atoms with Gasteiger partial charge < -0.3 is 20.1 Å². The molecule has 2 rings (SSSR count). The average Bonchev–Trinajstić information content (AvgIpc) is 2.75. The Morgan fingerprint density at radius 1 is 1.30 bits per heavy atom. The Morgan fingerprint density at radius 2 is 2.00 bits per heavy atom. The van der Waals surface area contributed by atoms with Gasteiger partial charge in [-0.25, -0.2) is 0 Å². The Balaban J connectivity index is 2.19. The lowest BCUT2D eigenvalue weighted by Crippen LogP contribution is -2.22. The molecule has 2 unspecified atom stereocenters. The Kier molecular flexibility index (Phi) is 4.99. The normalized spacial score (nSPS) is 22.4. The van der Waals surface area contributed by atoms with E-state index >= 15 is 0 Å². The molecule has 0 aromatic heterocycles. The number of benzene rings is 1. The first kappa shape index (κ1) is 14.8. The molecular weight excluding hydrogens is 258 g/mol. The molecule has 1 fully saturated rings. The predicted octanol–water partition coefficient (Wildman–Crippen LogP) is -0.424. The number of aliphatic hydroxyl groups excluding tert-OH is 3. The number of likely N-dealkylation sites (tertiary alicyclic amines) is 1. The third-order valence-corrected chi connectivity index (χ3v) is 3.34. The van der Waals surface area contributed by atoms with Crippen LogP contribution in [0.5, 0.6) is 5.75 Å². The van der Waals surface area contributed by atoms with Gasteiger partial charge in [0.25, 0.3) is 0 Å². The molecule has 0 aliphatic carbocycles. The maximum atomic E-state index is 9.58. The zero-order valence-corrected chi connectivity index (χ0v) is 11.4. The molecule has 108 valence electrons. The second-order valence-corrected chi connectivity index (χ2v) is 4.81. The number of ether oxygens (including phenoxy) is 1. The van der Waals surface area contributed by atoms with Gasteiger partial charge >= 0.3 is 0 Å². The Morgan fingerprint density at radius 3 is 2.60 bits per heavy atom. The maximum Gasteiger partial charge on any atom is 0.119 e. The molecular formula is C15H19NO4. The summed E-state index contributed by atoms with van der Waals surface area (Å²) in [4.78, 5) is 1.97. The van der Waals surface area contributed by atoms with Crippen LogP contribution in [0.3, 0.4) is 0 Å². The Hall–Kier alpha value is -1.58. The topological polar surface area (TPSA) is 73.2 Å². The van der Waals surface area contributed by atoms with Crippen molar-refractivity contribution in [1.29, 1.82) is 0 Å². The van der Waals surface area contributed by atoms with Crippen LogP contribution >= 0.6 is 0 Å². The first-order valence-electron chi connectivity index (χ1n) is 6.49. The van der Waals surface area contributed by atoms with E-state index < -0.39 is 12.2 Å². The summed E-state index contributed by atoms with van der Waals surface area (Å²) >= 11 is 0. The van der Waals surface area contributed by atoms with Gasteiger partial charge in [-0.3, -0.25) is 4.90 Å². The lowest BCUT2D eigenvalue weighted by molar-refractivity contribution is 0.0572. The smallest absolute Gasteiger partial charge is 0.119 e. The summed E-state index contributed by atoms with van der Waals surface area (Å²) in [5, 5.41) is 28.0. The van der Waals surface area contributed by atoms with Crippen molar-refractivity contribution >= 4 is 0 Å². The first-order valence-corrected chi connectivity index (χ1v) is 6.49. The van der Waals surface area contributed by atoms with E-state index in [-0.39, 0.29) is 6.61 Å². The van der Waals surface area contributed by atoms with Gasteiger partial charge in [-0.1, -0.05) is 11.8 Å². The molecule has 20 heavy (non-hydrogen) atoms. The number of methoxy groups -OCH3 is 1. The predicted molar refractivity (Wildman–Crippen MR) is 74.2 cm³/mol. The van der Waals surface area contributed by atoms with Gasteiger partial charge in [0.05, 0.1) is 19.3 Å². The molecule has 2 atom stereocenters. The molecule has 5 heteroatoms. The first-order chi connectivity index (χ1) is 9.63. The molecule has 0 bridgehead atoms. The maximum absolute atomic E-state index is 9.58. The van der Waals surface area contributed by atoms with Crippen molar-refractivity contribution in [1.82, 2.24) is 4.90 Å². The zero-order valence-electron chi connectivity index (χ0n) is 11.4. The SMILES string of the molecule is COc1ccc(C#CCO)c(CN2CC(O)C(O)C2)c1. The fourth-order valence-corrected chi connectivity index (χ4v) is 2.30. The van der Waals surface area contributed by atoms with Crippen molar-refractivity contribution < 1.29 is 20.1 Å². The molecule has 1 saturated heterocycles. The van der Waals surface area contributed by atoms with E-state index in [4.69, 9.17) is 9.84 Å². The standard InChI is InChI=1S/C15H19NO4/c1-20-13-5-4-11(3-2-6-17)12(7-13)8-16-9-14(18)15(19)10-16/h4-5,7,14-15,17-19H,6,8-10H2,1H3. The van der Waals surface area contributed by atoms with E-state index in [2.05, 4.69) is 11.8 Å². The highest BCUT2D eigenvalue weighted by molar-refractivity contribution is 5.45. The lowest BCUT2D eigenvalue weighted by Gasteiger charge is -2.16. The molecule has 1 aliphatic heterocycles. The minimum atomic E-state index is -0.701. The fraction of sp³-hybridized carbons (Fsp3) is 0.467. The van der Waals surface area contributed by atoms with Crippen LogP contribution in [0.25, 0.3) is 0 Å². The molecule has 1 aromatic rings. The fourth-order valence-electron chi connectivity index (χ4n) is 2.30. The van der Waals surface area contributed by atoms with Crippen molar-refractivity contribution in [3.05, 3.63) is 29.3 Å². The summed E-state index contributed by atoms with van der Waals surface area (Å²) in [6.45, 7) is 1.25. The van der Waals surface area contributed by atoms with Crippen LogP contribution in [-0.4, -0.2) is 59.2 Å². The van der Waals surface area contributed by atoms with E-state index in [0.29, 0.717) is 19.6 Å². The molecule has 1 aromatic carbocycles. The molecule has 1 aliphatic rings. The highest BCUT2D eigenvalue weighted by atomic mass is 16.5. The summed E-state index contributed by atoms with van der Waals surface area (Å²) in [5.41, 5.74) is 1.77. The van der Waals surface area contributed by atoms with Crippen LogP contribution < -0.4 is 4.74 Å². The van der Waals surface area contributed by atoms with Crippen molar-refractivity contribution in [3.63, 3.8) is 0 Å². The van der Waals surface area contributed by atoms with Crippen LogP contribution in [0, 0.1) is 11.8 Å². The van der Waals surface area contributed by atoms with Gasteiger partial charge in [-0.2, -0.15) is 0 Å². The van der Waals surface area contributed by atoms with Gasteiger partial charge in [0.1, 0.15) is 12.4 Å². The average molecular weight is 277 g/mol.